The highest BCUT2D eigenvalue weighted by atomic mass is 32.2. The van der Waals surface area contributed by atoms with Gasteiger partial charge in [0.05, 0.1) is 5.56 Å². The summed E-state index contributed by atoms with van der Waals surface area (Å²) in [4.78, 5) is 11.0. The molecule has 0 aliphatic carbocycles. The van der Waals surface area contributed by atoms with Gasteiger partial charge in [-0.15, -0.1) is 0 Å². The van der Waals surface area contributed by atoms with Crippen molar-refractivity contribution in [2.75, 3.05) is 27.2 Å². The van der Waals surface area contributed by atoms with Gasteiger partial charge in [0.2, 0.25) is 0 Å². The number of hydrogen-bond donors (Lipinski definition) is 1. The molecule has 1 aromatic rings. The predicted octanol–water partition coefficient (Wildman–Crippen LogP) is 1.37. The van der Waals surface area contributed by atoms with Crippen molar-refractivity contribution in [3.05, 3.63) is 35.4 Å². The van der Waals surface area contributed by atoms with Crippen molar-refractivity contribution in [1.82, 2.24) is 8.61 Å². The Balaban J connectivity index is 2.22. The number of aromatic carboxylic acids is 1. The smallest absolute Gasteiger partial charge is 0.335 e. The molecule has 1 aromatic carbocycles. The molecule has 1 aliphatic heterocycles. The number of nitrogens with zero attached hydrogens (tertiary/aromatic N) is 2. The molecular formula is C14H20N2O4S. The van der Waals surface area contributed by atoms with Crippen LogP contribution in [0, 0.1) is 0 Å². The fraction of sp³-hybridized carbons (Fsp3) is 0.500. The van der Waals surface area contributed by atoms with Gasteiger partial charge < -0.3 is 5.11 Å². The molecule has 0 unspecified atom stereocenters. The molecule has 1 N–H and O–H groups in total. The molecule has 0 spiro atoms. The van der Waals surface area contributed by atoms with Crippen molar-refractivity contribution in [2.45, 2.75) is 18.8 Å². The Bertz CT molecular complexity index is 628. The van der Waals surface area contributed by atoms with Crippen LogP contribution in [-0.4, -0.2) is 55.3 Å². The van der Waals surface area contributed by atoms with Crippen molar-refractivity contribution in [1.29, 1.82) is 0 Å². The van der Waals surface area contributed by atoms with Gasteiger partial charge in [-0.1, -0.05) is 12.1 Å². The Morgan fingerprint density at radius 2 is 2.10 bits per heavy atom. The van der Waals surface area contributed by atoms with Crippen molar-refractivity contribution in [3.8, 4) is 0 Å². The minimum Gasteiger partial charge on any atom is -0.478 e. The first-order chi connectivity index (χ1) is 9.82. The van der Waals surface area contributed by atoms with Gasteiger partial charge in [-0.3, -0.25) is 0 Å². The lowest BCUT2D eigenvalue weighted by atomic mass is 9.91. The van der Waals surface area contributed by atoms with E-state index in [1.165, 1.54) is 22.7 Å². The zero-order valence-corrected chi connectivity index (χ0v) is 13.0. The van der Waals surface area contributed by atoms with Crippen LogP contribution < -0.4 is 0 Å². The zero-order valence-electron chi connectivity index (χ0n) is 12.2. The summed E-state index contributed by atoms with van der Waals surface area (Å²) in [7, 11) is -0.381. The van der Waals surface area contributed by atoms with Gasteiger partial charge in [0.15, 0.2) is 0 Å². The fourth-order valence-electron chi connectivity index (χ4n) is 2.58. The summed E-state index contributed by atoms with van der Waals surface area (Å²) in [6.45, 7) is 0.902. The van der Waals surface area contributed by atoms with Gasteiger partial charge in [-0.05, 0) is 36.5 Å². The molecule has 7 heteroatoms. The van der Waals surface area contributed by atoms with Crippen LogP contribution in [0.1, 0.15) is 34.7 Å². The zero-order chi connectivity index (χ0) is 15.6. The van der Waals surface area contributed by atoms with Crippen LogP contribution in [0.2, 0.25) is 0 Å². The van der Waals surface area contributed by atoms with Crippen LogP contribution in [0.25, 0.3) is 0 Å². The lowest BCUT2D eigenvalue weighted by molar-refractivity contribution is 0.0696. The molecule has 0 radical (unpaired) electrons. The SMILES string of the molecule is CN(C)S(=O)(=O)N1CCC[C@@H](c2cccc(C(=O)O)c2)C1. The topological polar surface area (TPSA) is 77.9 Å². The van der Waals surface area contributed by atoms with E-state index in [0.29, 0.717) is 13.1 Å². The fourth-order valence-corrected chi connectivity index (χ4v) is 3.77. The number of rotatable bonds is 4. The molecule has 2 rings (SSSR count). The molecule has 116 valence electrons. The van der Waals surface area contributed by atoms with Crippen LogP contribution in [0.5, 0.6) is 0 Å². The molecule has 21 heavy (non-hydrogen) atoms. The first-order valence-corrected chi connectivity index (χ1v) is 8.23. The van der Waals surface area contributed by atoms with Gasteiger partial charge in [-0.2, -0.15) is 17.0 Å². The molecule has 0 amide bonds. The van der Waals surface area contributed by atoms with E-state index in [4.69, 9.17) is 5.11 Å². The third-order valence-corrected chi connectivity index (χ3v) is 5.68. The Morgan fingerprint density at radius 1 is 1.38 bits per heavy atom. The summed E-state index contributed by atoms with van der Waals surface area (Å²) >= 11 is 0. The third-order valence-electron chi connectivity index (χ3n) is 3.78. The van der Waals surface area contributed by atoms with Gasteiger partial charge in [0, 0.05) is 27.2 Å². The number of hydrogen-bond acceptors (Lipinski definition) is 3. The Hall–Kier alpha value is -1.44. The summed E-state index contributed by atoms with van der Waals surface area (Å²) in [6.07, 6.45) is 1.64. The van der Waals surface area contributed by atoms with Gasteiger partial charge in [-0.25, -0.2) is 4.79 Å². The summed E-state index contributed by atoms with van der Waals surface area (Å²) in [6, 6.07) is 6.75. The van der Waals surface area contributed by atoms with E-state index in [1.807, 2.05) is 6.07 Å². The van der Waals surface area contributed by atoms with Crippen LogP contribution in [0.15, 0.2) is 24.3 Å². The minimum absolute atomic E-state index is 0.0350. The van der Waals surface area contributed by atoms with Crippen molar-refractivity contribution in [3.63, 3.8) is 0 Å². The first-order valence-electron chi connectivity index (χ1n) is 6.83. The number of piperidine rings is 1. The van der Waals surface area contributed by atoms with E-state index < -0.39 is 16.2 Å². The van der Waals surface area contributed by atoms with Gasteiger partial charge in [0.25, 0.3) is 10.2 Å². The number of carboxylic acid groups (broad SMARTS) is 1. The largest absolute Gasteiger partial charge is 0.478 e. The normalized spacial score (nSPS) is 20.6. The summed E-state index contributed by atoms with van der Waals surface area (Å²) in [5, 5.41) is 9.05. The molecule has 0 bridgehead atoms. The molecule has 6 nitrogen and oxygen atoms in total. The number of benzene rings is 1. The maximum atomic E-state index is 12.2. The van der Waals surface area contributed by atoms with Gasteiger partial charge >= 0.3 is 5.97 Å². The maximum Gasteiger partial charge on any atom is 0.335 e. The van der Waals surface area contributed by atoms with E-state index in [-0.39, 0.29) is 11.5 Å². The molecule has 1 aliphatic rings. The average Bonchev–Trinajstić information content (AvgIpc) is 2.47. The molecule has 1 fully saturated rings. The summed E-state index contributed by atoms with van der Waals surface area (Å²) < 4.78 is 27.1. The van der Waals surface area contributed by atoms with Crippen LogP contribution in [0.3, 0.4) is 0 Å². The predicted molar refractivity (Wildman–Crippen MR) is 79.6 cm³/mol. The van der Waals surface area contributed by atoms with Crippen LogP contribution >= 0.6 is 0 Å². The Kier molecular flexibility index (Phi) is 4.65. The quantitative estimate of drug-likeness (QED) is 0.911. The van der Waals surface area contributed by atoms with Crippen molar-refractivity contribution in [2.24, 2.45) is 0 Å². The number of carboxylic acids is 1. The Labute approximate surface area is 125 Å². The first kappa shape index (κ1) is 15.9. The molecule has 1 saturated heterocycles. The highest BCUT2D eigenvalue weighted by molar-refractivity contribution is 7.86. The monoisotopic (exact) mass is 312 g/mol. The summed E-state index contributed by atoms with van der Waals surface area (Å²) in [5.41, 5.74) is 1.12. The maximum absolute atomic E-state index is 12.2. The molecular weight excluding hydrogens is 292 g/mol. The van der Waals surface area contributed by atoms with Crippen molar-refractivity contribution >= 4 is 16.2 Å². The van der Waals surface area contributed by atoms with E-state index in [1.54, 1.807) is 18.2 Å². The second-order valence-corrected chi connectivity index (χ2v) is 7.56. The van der Waals surface area contributed by atoms with Crippen LogP contribution in [-0.2, 0) is 10.2 Å². The third kappa shape index (κ3) is 3.42. The minimum atomic E-state index is -3.42. The van der Waals surface area contributed by atoms with Gasteiger partial charge in [0.1, 0.15) is 0 Å². The highest BCUT2D eigenvalue weighted by Gasteiger charge is 2.31. The van der Waals surface area contributed by atoms with E-state index in [2.05, 4.69) is 0 Å². The molecule has 0 aromatic heterocycles. The lowest BCUT2D eigenvalue weighted by Crippen LogP contribution is -2.44. The van der Waals surface area contributed by atoms with Crippen LogP contribution in [0.4, 0.5) is 0 Å². The van der Waals surface area contributed by atoms with E-state index in [9.17, 15) is 13.2 Å². The molecule has 1 atom stereocenters. The summed E-state index contributed by atoms with van der Waals surface area (Å²) in [5.74, 6) is -0.932. The second kappa shape index (κ2) is 6.13. The van der Waals surface area contributed by atoms with E-state index in [0.717, 1.165) is 18.4 Å². The molecule has 1 heterocycles. The second-order valence-electron chi connectivity index (χ2n) is 5.42. The molecule has 0 saturated carbocycles. The lowest BCUT2D eigenvalue weighted by Gasteiger charge is -2.33. The average molecular weight is 312 g/mol. The Morgan fingerprint density at radius 3 is 2.71 bits per heavy atom. The highest BCUT2D eigenvalue weighted by Crippen LogP contribution is 2.29. The number of carbonyl (C=O) groups is 1. The van der Waals surface area contributed by atoms with E-state index >= 15 is 0 Å². The standard InChI is InChI=1S/C14H20N2O4S/c1-15(2)21(19,20)16-8-4-7-13(10-16)11-5-3-6-12(9-11)14(17)18/h3,5-6,9,13H,4,7-8,10H2,1-2H3,(H,17,18)/t13-/m1/s1. The van der Waals surface area contributed by atoms with Crippen molar-refractivity contribution < 1.29 is 18.3 Å².